The van der Waals surface area contributed by atoms with Crippen LogP contribution in [0.15, 0.2) is 0 Å². The van der Waals surface area contributed by atoms with Crippen molar-refractivity contribution >= 4 is 11.3 Å². The monoisotopic (exact) mass is 136 g/mol. The highest BCUT2D eigenvalue weighted by molar-refractivity contribution is 7.76. The van der Waals surface area contributed by atoms with Gasteiger partial charge in [0.25, 0.3) is 0 Å². The van der Waals surface area contributed by atoms with Gasteiger partial charge in [0.05, 0.1) is 6.61 Å². The standard InChI is InChI=1S/C3H7NO3S/c5-8(6)4-1-2-7-3-4/h1-3H2,(H,5,6)/p-1. The maximum atomic E-state index is 10.0. The van der Waals surface area contributed by atoms with Crippen LogP contribution in [0.3, 0.4) is 0 Å². The topological polar surface area (TPSA) is 52.6 Å². The van der Waals surface area contributed by atoms with Gasteiger partial charge in [-0.1, -0.05) is 0 Å². The second-order valence-corrected chi connectivity index (χ2v) is 2.41. The quantitative estimate of drug-likeness (QED) is 0.437. The van der Waals surface area contributed by atoms with Crippen LogP contribution in [0.5, 0.6) is 0 Å². The molecule has 1 aliphatic heterocycles. The molecule has 1 saturated heterocycles. The Bertz CT molecular complexity index is 101. The molecule has 0 aromatic rings. The van der Waals surface area contributed by atoms with Gasteiger partial charge in [0.1, 0.15) is 6.73 Å². The molecule has 0 N–H and O–H groups in total. The summed E-state index contributed by atoms with van der Waals surface area (Å²) in [6, 6.07) is 0. The third-order valence-electron chi connectivity index (χ3n) is 0.931. The highest BCUT2D eigenvalue weighted by atomic mass is 32.2. The van der Waals surface area contributed by atoms with Crippen LogP contribution in [0.25, 0.3) is 0 Å². The molecule has 8 heavy (non-hydrogen) atoms. The maximum Gasteiger partial charge on any atom is 0.109 e. The van der Waals surface area contributed by atoms with E-state index < -0.39 is 11.3 Å². The molecule has 0 spiro atoms. The van der Waals surface area contributed by atoms with Crippen LogP contribution in [-0.4, -0.2) is 32.9 Å². The molecule has 1 fully saturated rings. The molecule has 0 radical (unpaired) electrons. The van der Waals surface area contributed by atoms with E-state index in [1.165, 1.54) is 4.31 Å². The van der Waals surface area contributed by atoms with Gasteiger partial charge >= 0.3 is 0 Å². The highest BCUT2D eigenvalue weighted by Gasteiger charge is 2.10. The van der Waals surface area contributed by atoms with Gasteiger partial charge in [-0.3, -0.25) is 4.21 Å². The smallest absolute Gasteiger partial charge is 0.109 e. The van der Waals surface area contributed by atoms with Crippen molar-refractivity contribution in [3.8, 4) is 0 Å². The molecule has 0 bridgehead atoms. The highest BCUT2D eigenvalue weighted by Crippen LogP contribution is 1.99. The minimum atomic E-state index is -2.08. The zero-order valence-electron chi connectivity index (χ0n) is 4.20. The molecule has 4 nitrogen and oxygen atoms in total. The van der Waals surface area contributed by atoms with Crippen molar-refractivity contribution in [1.29, 1.82) is 0 Å². The van der Waals surface area contributed by atoms with Gasteiger partial charge in [-0.25, -0.2) is 4.31 Å². The van der Waals surface area contributed by atoms with E-state index in [9.17, 15) is 8.76 Å². The Morgan fingerprint density at radius 1 is 1.75 bits per heavy atom. The Morgan fingerprint density at radius 3 is 2.75 bits per heavy atom. The molecular formula is C3H6NO3S-. The first-order chi connectivity index (χ1) is 3.80. The van der Waals surface area contributed by atoms with Gasteiger partial charge in [0.15, 0.2) is 0 Å². The van der Waals surface area contributed by atoms with Crippen LogP contribution in [0.2, 0.25) is 0 Å². The lowest BCUT2D eigenvalue weighted by Crippen LogP contribution is -2.21. The lowest BCUT2D eigenvalue weighted by atomic mass is 10.7. The van der Waals surface area contributed by atoms with Crippen molar-refractivity contribution in [2.45, 2.75) is 0 Å². The largest absolute Gasteiger partial charge is 0.760 e. The third-order valence-corrected chi connectivity index (χ3v) is 1.64. The van der Waals surface area contributed by atoms with Gasteiger partial charge in [-0.15, -0.1) is 0 Å². The van der Waals surface area contributed by atoms with Crippen LogP contribution in [0.1, 0.15) is 0 Å². The third kappa shape index (κ3) is 1.25. The molecule has 1 heterocycles. The summed E-state index contributed by atoms with van der Waals surface area (Å²) in [4.78, 5) is 0. The molecule has 0 aliphatic carbocycles. The Hall–Kier alpha value is 0.0300. The van der Waals surface area contributed by atoms with E-state index in [1.807, 2.05) is 0 Å². The summed E-state index contributed by atoms with van der Waals surface area (Å²) in [7, 11) is 0. The maximum absolute atomic E-state index is 10.0. The number of rotatable bonds is 1. The predicted molar refractivity (Wildman–Crippen MR) is 26.4 cm³/mol. The van der Waals surface area contributed by atoms with E-state index in [-0.39, 0.29) is 6.73 Å². The average Bonchev–Trinajstić information content (AvgIpc) is 2.12. The van der Waals surface area contributed by atoms with E-state index in [0.717, 1.165) is 0 Å². The lowest BCUT2D eigenvalue weighted by Gasteiger charge is -2.14. The molecule has 0 saturated carbocycles. The molecule has 1 atom stereocenters. The van der Waals surface area contributed by atoms with Crippen LogP contribution in [0.4, 0.5) is 0 Å². The van der Waals surface area contributed by atoms with Crippen molar-refractivity contribution in [3.05, 3.63) is 0 Å². The minimum absolute atomic E-state index is 0.218. The first-order valence-electron chi connectivity index (χ1n) is 2.23. The molecular weight excluding hydrogens is 130 g/mol. The summed E-state index contributed by atoms with van der Waals surface area (Å²) in [5.41, 5.74) is 0. The predicted octanol–water partition coefficient (Wildman–Crippen LogP) is -0.930. The number of hydrogen-bond donors (Lipinski definition) is 0. The fourth-order valence-electron chi connectivity index (χ4n) is 0.515. The minimum Gasteiger partial charge on any atom is -0.760 e. The summed E-state index contributed by atoms with van der Waals surface area (Å²) in [6.45, 7) is 1.24. The first-order valence-corrected chi connectivity index (χ1v) is 3.26. The van der Waals surface area contributed by atoms with Crippen molar-refractivity contribution in [2.75, 3.05) is 19.9 Å². The Morgan fingerprint density at radius 2 is 2.50 bits per heavy atom. The molecule has 0 amide bonds. The Balaban J connectivity index is 2.35. The fraction of sp³-hybridized carbons (Fsp3) is 1.00. The molecule has 0 aromatic carbocycles. The SMILES string of the molecule is O=S([O-])N1CCOC1. The zero-order valence-corrected chi connectivity index (χ0v) is 5.02. The second kappa shape index (κ2) is 2.54. The average molecular weight is 136 g/mol. The molecule has 48 valence electrons. The Kier molecular flexibility index (Phi) is 1.95. The van der Waals surface area contributed by atoms with Gasteiger partial charge in [-0.05, 0) is 0 Å². The lowest BCUT2D eigenvalue weighted by molar-refractivity contribution is 0.171. The van der Waals surface area contributed by atoms with Gasteiger partial charge in [-0.2, -0.15) is 0 Å². The normalized spacial score (nSPS) is 26.1. The van der Waals surface area contributed by atoms with Gasteiger partial charge in [0.2, 0.25) is 0 Å². The number of hydrogen-bond acceptors (Lipinski definition) is 3. The molecule has 1 unspecified atom stereocenters. The van der Waals surface area contributed by atoms with Crippen molar-refractivity contribution in [2.24, 2.45) is 0 Å². The van der Waals surface area contributed by atoms with E-state index in [2.05, 4.69) is 0 Å². The van der Waals surface area contributed by atoms with E-state index in [0.29, 0.717) is 13.2 Å². The van der Waals surface area contributed by atoms with E-state index in [4.69, 9.17) is 4.74 Å². The molecule has 5 heteroatoms. The summed E-state index contributed by atoms with van der Waals surface area (Å²) in [6.07, 6.45) is 0. The van der Waals surface area contributed by atoms with Crippen LogP contribution in [0, 0.1) is 0 Å². The first kappa shape index (κ1) is 6.15. The molecule has 1 rings (SSSR count). The van der Waals surface area contributed by atoms with Crippen LogP contribution < -0.4 is 0 Å². The fourth-order valence-corrected chi connectivity index (χ4v) is 0.899. The second-order valence-electron chi connectivity index (χ2n) is 1.46. The zero-order chi connectivity index (χ0) is 5.98. The number of ether oxygens (including phenoxy) is 1. The Labute approximate surface area is 49.8 Å². The van der Waals surface area contributed by atoms with E-state index >= 15 is 0 Å². The summed E-state index contributed by atoms with van der Waals surface area (Å²) in [5, 5.41) is 0. The van der Waals surface area contributed by atoms with Crippen molar-refractivity contribution in [1.82, 2.24) is 4.31 Å². The molecule has 0 aromatic heterocycles. The summed E-state index contributed by atoms with van der Waals surface area (Å²) in [5.74, 6) is 0. The molecule has 1 aliphatic rings. The summed E-state index contributed by atoms with van der Waals surface area (Å²) < 4.78 is 26.1. The van der Waals surface area contributed by atoms with Crippen molar-refractivity contribution in [3.63, 3.8) is 0 Å². The van der Waals surface area contributed by atoms with Crippen LogP contribution >= 0.6 is 0 Å². The summed E-state index contributed by atoms with van der Waals surface area (Å²) >= 11 is -2.08. The number of nitrogens with zero attached hydrogens (tertiary/aromatic N) is 1. The van der Waals surface area contributed by atoms with Gasteiger partial charge in [0, 0.05) is 17.8 Å². The van der Waals surface area contributed by atoms with E-state index in [1.54, 1.807) is 0 Å². The van der Waals surface area contributed by atoms with Crippen molar-refractivity contribution < 1.29 is 13.5 Å². The van der Waals surface area contributed by atoms with Crippen LogP contribution in [-0.2, 0) is 16.0 Å². The van der Waals surface area contributed by atoms with Gasteiger partial charge < -0.3 is 9.29 Å².